The summed E-state index contributed by atoms with van der Waals surface area (Å²) < 4.78 is 7.03. The molecule has 6 nitrogen and oxygen atoms in total. The standard InChI is InChI=1S/C27H26N2O4/c1-27(2,3)25(31)22-23(20-7-5-6-8-21(20)33-4)29(26(32)24(22)30)19-11-9-17(10-12-19)18-13-15-28-16-14-18/h5-16,30,32H,1-4H3. The minimum atomic E-state index is -0.780. The predicted molar refractivity (Wildman–Crippen MR) is 128 cm³/mol. The molecule has 0 aliphatic heterocycles. The molecule has 2 aromatic heterocycles. The van der Waals surface area contributed by atoms with Crippen molar-refractivity contribution in [2.45, 2.75) is 20.8 Å². The number of benzene rings is 2. The number of pyridine rings is 1. The number of methoxy groups -OCH3 is 1. The van der Waals surface area contributed by atoms with Crippen molar-refractivity contribution in [2.24, 2.45) is 5.41 Å². The zero-order valence-corrected chi connectivity index (χ0v) is 19.0. The maximum Gasteiger partial charge on any atom is 0.240 e. The summed E-state index contributed by atoms with van der Waals surface area (Å²) in [6.45, 7) is 5.33. The molecule has 6 heteroatoms. The molecule has 0 aliphatic rings. The summed E-state index contributed by atoms with van der Waals surface area (Å²) in [6, 6.07) is 18.5. The first-order valence-corrected chi connectivity index (χ1v) is 10.6. The van der Waals surface area contributed by atoms with Gasteiger partial charge in [0.05, 0.1) is 18.4 Å². The van der Waals surface area contributed by atoms with Crippen LogP contribution in [0.3, 0.4) is 0 Å². The summed E-state index contributed by atoms with van der Waals surface area (Å²) in [5.74, 6) is -0.620. The van der Waals surface area contributed by atoms with Crippen LogP contribution in [0.2, 0.25) is 0 Å². The average Bonchev–Trinajstić information content (AvgIpc) is 3.08. The van der Waals surface area contributed by atoms with Gasteiger partial charge in [-0.05, 0) is 47.5 Å². The molecule has 0 bridgehead atoms. The van der Waals surface area contributed by atoms with E-state index in [1.807, 2.05) is 48.5 Å². The van der Waals surface area contributed by atoms with E-state index in [9.17, 15) is 15.0 Å². The molecule has 0 radical (unpaired) electrons. The average molecular weight is 443 g/mol. The molecule has 4 rings (SSSR count). The quantitative estimate of drug-likeness (QED) is 0.379. The normalized spacial score (nSPS) is 11.4. The number of aromatic hydroxyl groups is 2. The first-order valence-electron chi connectivity index (χ1n) is 10.6. The van der Waals surface area contributed by atoms with Crippen LogP contribution in [0.25, 0.3) is 28.1 Å². The van der Waals surface area contributed by atoms with Gasteiger partial charge in [0, 0.05) is 29.1 Å². The van der Waals surface area contributed by atoms with E-state index in [1.54, 1.807) is 52.4 Å². The molecular formula is C27H26N2O4. The topological polar surface area (TPSA) is 84.6 Å². The molecule has 0 amide bonds. The van der Waals surface area contributed by atoms with Crippen molar-refractivity contribution in [2.75, 3.05) is 7.11 Å². The van der Waals surface area contributed by atoms with Gasteiger partial charge in [-0.2, -0.15) is 0 Å². The van der Waals surface area contributed by atoms with Crippen molar-refractivity contribution in [3.05, 3.63) is 78.6 Å². The molecule has 33 heavy (non-hydrogen) atoms. The third kappa shape index (κ3) is 3.96. The molecule has 0 fully saturated rings. The number of ether oxygens (including phenoxy) is 1. The van der Waals surface area contributed by atoms with Crippen LogP contribution in [0.4, 0.5) is 0 Å². The largest absolute Gasteiger partial charge is 0.503 e. The Balaban J connectivity index is 1.98. The lowest BCUT2D eigenvalue weighted by molar-refractivity contribution is 0.0856. The van der Waals surface area contributed by atoms with Crippen LogP contribution >= 0.6 is 0 Å². The molecule has 0 saturated carbocycles. The van der Waals surface area contributed by atoms with Gasteiger partial charge >= 0.3 is 0 Å². The number of Topliss-reactive ketones (excluding diaryl/α,β-unsaturated/α-hetero) is 1. The van der Waals surface area contributed by atoms with E-state index in [2.05, 4.69) is 4.98 Å². The zero-order chi connectivity index (χ0) is 23.8. The summed E-state index contributed by atoms with van der Waals surface area (Å²) in [7, 11) is 1.54. The van der Waals surface area contributed by atoms with Crippen molar-refractivity contribution < 1.29 is 19.7 Å². The summed E-state index contributed by atoms with van der Waals surface area (Å²) in [6.07, 6.45) is 3.45. The van der Waals surface area contributed by atoms with E-state index >= 15 is 0 Å². The van der Waals surface area contributed by atoms with Crippen LogP contribution in [-0.4, -0.2) is 32.7 Å². The Labute approximate surface area is 192 Å². The van der Waals surface area contributed by atoms with Gasteiger partial charge in [0.25, 0.3) is 0 Å². The van der Waals surface area contributed by atoms with E-state index in [1.165, 1.54) is 4.57 Å². The van der Waals surface area contributed by atoms with Crippen LogP contribution < -0.4 is 4.74 Å². The summed E-state index contributed by atoms with van der Waals surface area (Å²) in [5.41, 5.74) is 2.81. The molecule has 168 valence electrons. The van der Waals surface area contributed by atoms with Gasteiger partial charge < -0.3 is 14.9 Å². The first-order chi connectivity index (χ1) is 15.7. The Morgan fingerprint density at radius 2 is 1.52 bits per heavy atom. The summed E-state index contributed by atoms with van der Waals surface area (Å²) >= 11 is 0. The smallest absolute Gasteiger partial charge is 0.240 e. The number of nitrogens with zero attached hydrogens (tertiary/aromatic N) is 2. The SMILES string of the molecule is COc1ccccc1-c1c(C(=O)C(C)(C)C)c(O)c(O)n1-c1ccc(-c2ccncc2)cc1. The molecule has 2 heterocycles. The van der Waals surface area contributed by atoms with Crippen LogP contribution in [-0.2, 0) is 0 Å². The Morgan fingerprint density at radius 3 is 2.12 bits per heavy atom. The minimum Gasteiger partial charge on any atom is -0.503 e. The lowest BCUT2D eigenvalue weighted by atomic mass is 9.85. The molecule has 0 unspecified atom stereocenters. The van der Waals surface area contributed by atoms with E-state index in [4.69, 9.17) is 4.74 Å². The van der Waals surface area contributed by atoms with Gasteiger partial charge in [0.15, 0.2) is 11.5 Å². The second-order valence-corrected chi connectivity index (χ2v) is 8.79. The van der Waals surface area contributed by atoms with Gasteiger partial charge in [-0.3, -0.25) is 14.3 Å². The van der Waals surface area contributed by atoms with E-state index in [0.29, 0.717) is 22.7 Å². The van der Waals surface area contributed by atoms with Crippen LogP contribution in [0.15, 0.2) is 73.1 Å². The highest BCUT2D eigenvalue weighted by Crippen LogP contribution is 2.47. The number of aromatic nitrogens is 2. The highest BCUT2D eigenvalue weighted by molar-refractivity contribution is 6.08. The third-order valence-corrected chi connectivity index (χ3v) is 5.53. The number of ketones is 1. The Morgan fingerprint density at radius 1 is 0.909 bits per heavy atom. The molecule has 0 saturated heterocycles. The molecule has 0 spiro atoms. The van der Waals surface area contributed by atoms with Crippen molar-refractivity contribution >= 4 is 5.78 Å². The van der Waals surface area contributed by atoms with Gasteiger partial charge in [0.2, 0.25) is 5.88 Å². The fourth-order valence-electron chi connectivity index (χ4n) is 3.83. The fraction of sp³-hybridized carbons (Fsp3) is 0.185. The van der Waals surface area contributed by atoms with E-state index < -0.39 is 17.0 Å². The number of hydrogen-bond donors (Lipinski definition) is 2. The lowest BCUT2D eigenvalue weighted by Crippen LogP contribution is -2.21. The number of carbonyl (C=O) groups excluding carboxylic acids is 1. The molecule has 2 aromatic carbocycles. The number of hydrogen-bond acceptors (Lipinski definition) is 5. The second-order valence-electron chi connectivity index (χ2n) is 8.79. The van der Waals surface area contributed by atoms with Crippen molar-refractivity contribution in [3.8, 4) is 45.5 Å². The van der Waals surface area contributed by atoms with Gasteiger partial charge in [-0.1, -0.05) is 45.0 Å². The second kappa shape index (κ2) is 8.47. The summed E-state index contributed by atoms with van der Waals surface area (Å²) in [5, 5.41) is 21.9. The fourth-order valence-corrected chi connectivity index (χ4v) is 3.83. The molecular weight excluding hydrogens is 416 g/mol. The van der Waals surface area contributed by atoms with Crippen molar-refractivity contribution in [1.29, 1.82) is 0 Å². The van der Waals surface area contributed by atoms with E-state index in [-0.39, 0.29) is 11.3 Å². The van der Waals surface area contributed by atoms with Crippen molar-refractivity contribution in [3.63, 3.8) is 0 Å². The maximum absolute atomic E-state index is 13.4. The summed E-state index contributed by atoms with van der Waals surface area (Å²) in [4.78, 5) is 17.4. The number of carbonyl (C=O) groups is 1. The van der Waals surface area contributed by atoms with Gasteiger partial charge in [-0.15, -0.1) is 0 Å². The Bertz CT molecular complexity index is 1300. The molecule has 0 atom stereocenters. The Hall–Kier alpha value is -4.06. The monoisotopic (exact) mass is 442 g/mol. The number of para-hydroxylation sites is 1. The number of rotatable bonds is 5. The van der Waals surface area contributed by atoms with Crippen LogP contribution in [0.5, 0.6) is 17.4 Å². The lowest BCUT2D eigenvalue weighted by Gasteiger charge is -2.19. The zero-order valence-electron chi connectivity index (χ0n) is 19.0. The first kappa shape index (κ1) is 22.1. The van der Waals surface area contributed by atoms with E-state index in [0.717, 1.165) is 11.1 Å². The van der Waals surface area contributed by atoms with Crippen LogP contribution in [0, 0.1) is 5.41 Å². The molecule has 0 aliphatic carbocycles. The van der Waals surface area contributed by atoms with Crippen molar-refractivity contribution in [1.82, 2.24) is 9.55 Å². The van der Waals surface area contributed by atoms with Gasteiger partial charge in [0.1, 0.15) is 5.75 Å². The highest BCUT2D eigenvalue weighted by atomic mass is 16.5. The molecule has 2 N–H and O–H groups in total. The minimum absolute atomic E-state index is 0.0581. The van der Waals surface area contributed by atoms with Gasteiger partial charge in [-0.25, -0.2) is 0 Å². The predicted octanol–water partition coefficient (Wildman–Crippen LogP) is 5.85. The Kier molecular flexibility index (Phi) is 5.68. The third-order valence-electron chi connectivity index (χ3n) is 5.53. The maximum atomic E-state index is 13.4. The van der Waals surface area contributed by atoms with Crippen LogP contribution in [0.1, 0.15) is 31.1 Å². The molecule has 4 aromatic rings. The highest BCUT2D eigenvalue weighted by Gasteiger charge is 2.35.